The number of furan rings is 1. The Balaban J connectivity index is 1.56. The lowest BCUT2D eigenvalue weighted by Gasteiger charge is -2.44. The molecule has 1 aromatic carbocycles. The monoisotopic (exact) mass is 463 g/mol. The van der Waals surface area contributed by atoms with Crippen molar-refractivity contribution in [2.45, 2.75) is 77.4 Å². The van der Waals surface area contributed by atoms with E-state index in [-0.39, 0.29) is 17.9 Å². The van der Waals surface area contributed by atoms with Crippen LogP contribution in [0.1, 0.15) is 68.6 Å². The van der Waals surface area contributed by atoms with E-state index in [0.717, 1.165) is 42.7 Å². The van der Waals surface area contributed by atoms with Crippen molar-refractivity contribution < 1.29 is 18.7 Å². The van der Waals surface area contributed by atoms with Crippen molar-refractivity contribution in [3.05, 3.63) is 47.9 Å². The molecule has 1 atom stereocenters. The SMILES string of the molecule is CCOc1ccc(N2C(=O)c3cc4oc(C)cc4n3C[C@@]2(C)C(=O)NC2CCCCCC2)cc1. The van der Waals surface area contributed by atoms with Gasteiger partial charge in [-0.1, -0.05) is 25.7 Å². The van der Waals surface area contributed by atoms with Gasteiger partial charge in [0.1, 0.15) is 22.7 Å². The number of rotatable bonds is 5. The summed E-state index contributed by atoms with van der Waals surface area (Å²) in [7, 11) is 0. The lowest BCUT2D eigenvalue weighted by molar-refractivity contribution is -0.127. The van der Waals surface area contributed by atoms with Gasteiger partial charge in [-0.25, -0.2) is 0 Å². The van der Waals surface area contributed by atoms with Crippen LogP contribution in [0.15, 0.2) is 40.8 Å². The molecule has 1 aliphatic carbocycles. The highest BCUT2D eigenvalue weighted by Gasteiger charge is 2.49. The maximum absolute atomic E-state index is 13.9. The number of carbonyl (C=O) groups excluding carboxylic acids is 2. The second-order valence-corrected chi connectivity index (χ2v) is 9.73. The van der Waals surface area contributed by atoms with Gasteiger partial charge in [0.05, 0.1) is 18.7 Å². The Labute approximate surface area is 200 Å². The molecule has 180 valence electrons. The normalized spacial score (nSPS) is 21.4. The van der Waals surface area contributed by atoms with Crippen LogP contribution in [0.2, 0.25) is 0 Å². The third kappa shape index (κ3) is 3.87. The van der Waals surface area contributed by atoms with Crippen molar-refractivity contribution in [1.29, 1.82) is 0 Å². The van der Waals surface area contributed by atoms with Gasteiger partial charge < -0.3 is 19.0 Å². The van der Waals surface area contributed by atoms with Crippen molar-refractivity contribution in [2.75, 3.05) is 11.5 Å². The number of anilines is 1. The predicted molar refractivity (Wildman–Crippen MR) is 131 cm³/mol. The van der Waals surface area contributed by atoms with E-state index in [1.165, 1.54) is 12.8 Å². The van der Waals surface area contributed by atoms with Crippen molar-refractivity contribution in [3.63, 3.8) is 0 Å². The Kier molecular flexibility index (Phi) is 5.88. The summed E-state index contributed by atoms with van der Waals surface area (Å²) in [4.78, 5) is 29.5. The molecule has 2 aliphatic rings. The van der Waals surface area contributed by atoms with E-state index in [4.69, 9.17) is 9.15 Å². The zero-order valence-corrected chi connectivity index (χ0v) is 20.2. The molecule has 1 saturated carbocycles. The van der Waals surface area contributed by atoms with Crippen LogP contribution < -0.4 is 15.0 Å². The second-order valence-electron chi connectivity index (χ2n) is 9.73. The molecule has 1 N–H and O–H groups in total. The minimum atomic E-state index is -1.10. The Bertz CT molecular complexity index is 1200. The molecule has 5 rings (SSSR count). The van der Waals surface area contributed by atoms with Crippen molar-refractivity contribution >= 4 is 28.6 Å². The number of benzene rings is 1. The highest BCUT2D eigenvalue weighted by atomic mass is 16.5. The lowest BCUT2D eigenvalue weighted by atomic mass is 9.92. The van der Waals surface area contributed by atoms with Gasteiger partial charge in [0, 0.05) is 23.9 Å². The fourth-order valence-electron chi connectivity index (χ4n) is 5.43. The first-order valence-corrected chi connectivity index (χ1v) is 12.4. The molecule has 1 fully saturated rings. The lowest BCUT2D eigenvalue weighted by Crippen LogP contribution is -2.65. The summed E-state index contributed by atoms with van der Waals surface area (Å²) in [5.41, 5.74) is 1.62. The topological polar surface area (TPSA) is 76.7 Å². The summed E-state index contributed by atoms with van der Waals surface area (Å²) in [6.45, 7) is 6.61. The number of fused-ring (bicyclic) bond motifs is 3. The molecule has 0 radical (unpaired) electrons. The number of aryl methyl sites for hydroxylation is 1. The molecule has 7 heteroatoms. The molecule has 2 amide bonds. The van der Waals surface area contributed by atoms with Gasteiger partial charge in [0.15, 0.2) is 5.58 Å². The van der Waals surface area contributed by atoms with E-state index in [9.17, 15) is 9.59 Å². The Morgan fingerprint density at radius 2 is 1.85 bits per heavy atom. The van der Waals surface area contributed by atoms with Crippen LogP contribution in [0.25, 0.3) is 11.1 Å². The summed E-state index contributed by atoms with van der Waals surface area (Å²) in [5.74, 6) is 1.19. The summed E-state index contributed by atoms with van der Waals surface area (Å²) in [6.07, 6.45) is 6.65. The van der Waals surface area contributed by atoms with E-state index in [2.05, 4.69) is 5.32 Å². The van der Waals surface area contributed by atoms with Crippen molar-refractivity contribution in [1.82, 2.24) is 9.88 Å². The number of nitrogens with zero attached hydrogens (tertiary/aromatic N) is 2. The molecule has 3 aromatic rings. The quantitative estimate of drug-likeness (QED) is 0.528. The van der Waals surface area contributed by atoms with E-state index in [0.29, 0.717) is 30.1 Å². The molecule has 2 aromatic heterocycles. The van der Waals surface area contributed by atoms with Crippen molar-refractivity contribution in [3.8, 4) is 5.75 Å². The number of nitrogens with one attached hydrogen (secondary N) is 1. The Morgan fingerprint density at radius 1 is 1.15 bits per heavy atom. The van der Waals surface area contributed by atoms with Gasteiger partial charge >= 0.3 is 0 Å². The number of hydrogen-bond acceptors (Lipinski definition) is 4. The van der Waals surface area contributed by atoms with Crippen LogP contribution in [0.4, 0.5) is 5.69 Å². The smallest absolute Gasteiger partial charge is 0.276 e. The maximum atomic E-state index is 13.9. The van der Waals surface area contributed by atoms with Gasteiger partial charge in [-0.3, -0.25) is 14.5 Å². The molecule has 0 unspecified atom stereocenters. The molecule has 1 aliphatic heterocycles. The van der Waals surface area contributed by atoms with E-state index >= 15 is 0 Å². The number of amides is 2. The van der Waals surface area contributed by atoms with Crippen LogP contribution >= 0.6 is 0 Å². The standard InChI is InChI=1S/C27H33N3O4/c1-4-33-21-13-11-20(12-14-21)30-25(31)23-16-24-22(15-18(2)34-24)29(23)17-27(30,3)26(32)28-19-9-7-5-6-8-10-19/h11-16,19H,4-10,17H2,1-3H3,(H,28,32)/t27-/m0/s1. The average molecular weight is 464 g/mol. The van der Waals surface area contributed by atoms with E-state index < -0.39 is 5.54 Å². The molecule has 3 heterocycles. The fraction of sp³-hybridized carbons (Fsp3) is 0.481. The van der Waals surface area contributed by atoms with Gasteiger partial charge in [-0.05, 0) is 57.9 Å². The van der Waals surface area contributed by atoms with E-state index in [1.807, 2.05) is 55.7 Å². The molecule has 7 nitrogen and oxygen atoms in total. The van der Waals surface area contributed by atoms with Crippen LogP contribution in [0.5, 0.6) is 5.75 Å². The molecule has 0 saturated heterocycles. The minimum absolute atomic E-state index is 0.116. The summed E-state index contributed by atoms with van der Waals surface area (Å²) in [6, 6.07) is 11.3. The predicted octanol–water partition coefficient (Wildman–Crippen LogP) is 5.20. The number of ether oxygens (including phenoxy) is 1. The summed E-state index contributed by atoms with van der Waals surface area (Å²) >= 11 is 0. The van der Waals surface area contributed by atoms with Gasteiger partial charge in [-0.15, -0.1) is 0 Å². The van der Waals surface area contributed by atoms with Crippen LogP contribution in [0, 0.1) is 6.92 Å². The Hall–Kier alpha value is -3.22. The highest BCUT2D eigenvalue weighted by molar-refractivity contribution is 6.13. The fourth-order valence-corrected chi connectivity index (χ4v) is 5.43. The van der Waals surface area contributed by atoms with Gasteiger partial charge in [0.2, 0.25) is 5.91 Å². The number of carbonyl (C=O) groups is 2. The first kappa shape index (κ1) is 22.6. The third-order valence-corrected chi connectivity index (χ3v) is 7.18. The maximum Gasteiger partial charge on any atom is 0.276 e. The largest absolute Gasteiger partial charge is 0.494 e. The van der Waals surface area contributed by atoms with Crippen LogP contribution in [-0.4, -0.2) is 34.6 Å². The van der Waals surface area contributed by atoms with Gasteiger partial charge in [0.25, 0.3) is 5.91 Å². The summed E-state index contributed by atoms with van der Waals surface area (Å²) < 4.78 is 13.3. The van der Waals surface area contributed by atoms with Crippen LogP contribution in [-0.2, 0) is 11.3 Å². The molecule has 0 bridgehead atoms. The van der Waals surface area contributed by atoms with Gasteiger partial charge in [-0.2, -0.15) is 0 Å². The zero-order valence-electron chi connectivity index (χ0n) is 20.2. The van der Waals surface area contributed by atoms with E-state index in [1.54, 1.807) is 11.0 Å². The average Bonchev–Trinajstić information content (AvgIpc) is 3.20. The second kappa shape index (κ2) is 8.85. The molecule has 0 spiro atoms. The molecular weight excluding hydrogens is 430 g/mol. The number of hydrogen-bond donors (Lipinski definition) is 1. The first-order valence-electron chi connectivity index (χ1n) is 12.4. The zero-order chi connectivity index (χ0) is 23.9. The van der Waals surface area contributed by atoms with Crippen LogP contribution in [0.3, 0.4) is 0 Å². The first-order chi connectivity index (χ1) is 16.4. The third-order valence-electron chi connectivity index (χ3n) is 7.18. The number of aromatic nitrogens is 1. The minimum Gasteiger partial charge on any atom is -0.494 e. The highest BCUT2D eigenvalue weighted by Crippen LogP contribution is 2.37. The molecular formula is C27H33N3O4. The molecule has 34 heavy (non-hydrogen) atoms. The Morgan fingerprint density at radius 3 is 2.53 bits per heavy atom. The summed E-state index contributed by atoms with van der Waals surface area (Å²) in [5, 5.41) is 3.30. The van der Waals surface area contributed by atoms with Crippen molar-refractivity contribution in [2.24, 2.45) is 0 Å².